The molecule has 0 aliphatic carbocycles. The van der Waals surface area contributed by atoms with Gasteiger partial charge in [0.1, 0.15) is 9.75 Å². The molecule has 0 bridgehead atoms. The van der Waals surface area contributed by atoms with Crippen molar-refractivity contribution in [2.75, 3.05) is 13.2 Å². The highest BCUT2D eigenvalue weighted by atomic mass is 32.1. The summed E-state index contributed by atoms with van der Waals surface area (Å²) in [5.74, 6) is -2.06. The SMILES string of the molecule is C=C(C)C(=O)OCCCCOC(=O)c1ccc(C(=O)O)s1. The Labute approximate surface area is 126 Å². The predicted octanol–water partition coefficient (Wildman–Crippen LogP) is 2.50. The molecule has 1 heterocycles. The van der Waals surface area contributed by atoms with Gasteiger partial charge in [-0.05, 0) is 31.9 Å². The highest BCUT2D eigenvalue weighted by molar-refractivity contribution is 7.15. The second kappa shape index (κ2) is 8.21. The number of carbonyl (C=O) groups excluding carboxylic acids is 2. The molecular weight excluding hydrogens is 296 g/mol. The first-order valence-corrected chi connectivity index (χ1v) is 7.06. The Balaban J connectivity index is 2.20. The predicted molar refractivity (Wildman–Crippen MR) is 76.6 cm³/mol. The van der Waals surface area contributed by atoms with Crippen LogP contribution in [0, 0.1) is 0 Å². The van der Waals surface area contributed by atoms with Gasteiger partial charge >= 0.3 is 17.9 Å². The molecule has 0 spiro atoms. The summed E-state index contributed by atoms with van der Waals surface area (Å²) in [6, 6.07) is 2.78. The van der Waals surface area contributed by atoms with Crippen LogP contribution in [0.25, 0.3) is 0 Å². The molecule has 1 aromatic rings. The number of carbonyl (C=O) groups is 3. The first-order valence-electron chi connectivity index (χ1n) is 6.24. The maximum absolute atomic E-state index is 11.6. The van der Waals surface area contributed by atoms with Crippen LogP contribution in [0.15, 0.2) is 24.3 Å². The second-order valence-electron chi connectivity index (χ2n) is 4.23. The molecule has 114 valence electrons. The molecule has 0 saturated heterocycles. The molecule has 0 aliphatic heterocycles. The van der Waals surface area contributed by atoms with Crippen molar-refractivity contribution in [1.82, 2.24) is 0 Å². The first-order chi connectivity index (χ1) is 9.91. The van der Waals surface area contributed by atoms with Crippen molar-refractivity contribution in [2.24, 2.45) is 0 Å². The van der Waals surface area contributed by atoms with E-state index in [1.807, 2.05) is 0 Å². The highest BCUT2D eigenvalue weighted by Crippen LogP contribution is 2.17. The third-order valence-corrected chi connectivity index (χ3v) is 3.42. The largest absolute Gasteiger partial charge is 0.477 e. The van der Waals surface area contributed by atoms with Gasteiger partial charge in [0.15, 0.2) is 0 Å². The molecule has 0 unspecified atom stereocenters. The van der Waals surface area contributed by atoms with Gasteiger partial charge in [0.25, 0.3) is 0 Å². The van der Waals surface area contributed by atoms with Crippen LogP contribution < -0.4 is 0 Å². The van der Waals surface area contributed by atoms with E-state index in [0.29, 0.717) is 18.4 Å². The quantitative estimate of drug-likeness (QED) is 0.450. The van der Waals surface area contributed by atoms with Gasteiger partial charge in [0.2, 0.25) is 0 Å². The number of carboxylic acid groups (broad SMARTS) is 1. The van der Waals surface area contributed by atoms with E-state index in [4.69, 9.17) is 14.6 Å². The van der Waals surface area contributed by atoms with Crippen LogP contribution in [0.4, 0.5) is 0 Å². The van der Waals surface area contributed by atoms with Gasteiger partial charge in [0.05, 0.1) is 13.2 Å². The van der Waals surface area contributed by atoms with E-state index in [1.165, 1.54) is 12.1 Å². The van der Waals surface area contributed by atoms with Crippen molar-refractivity contribution in [1.29, 1.82) is 0 Å². The second-order valence-corrected chi connectivity index (χ2v) is 5.31. The van der Waals surface area contributed by atoms with E-state index >= 15 is 0 Å². The van der Waals surface area contributed by atoms with Gasteiger partial charge in [-0.25, -0.2) is 14.4 Å². The lowest BCUT2D eigenvalue weighted by molar-refractivity contribution is -0.139. The summed E-state index contributed by atoms with van der Waals surface area (Å²) in [7, 11) is 0. The molecule has 1 N–H and O–H groups in total. The smallest absolute Gasteiger partial charge is 0.348 e. The van der Waals surface area contributed by atoms with E-state index in [0.717, 1.165) is 11.3 Å². The number of ether oxygens (including phenoxy) is 2. The zero-order valence-corrected chi connectivity index (χ0v) is 12.4. The lowest BCUT2D eigenvalue weighted by Gasteiger charge is -2.05. The van der Waals surface area contributed by atoms with Gasteiger partial charge in [-0.3, -0.25) is 0 Å². The van der Waals surface area contributed by atoms with Gasteiger partial charge in [-0.1, -0.05) is 6.58 Å². The minimum atomic E-state index is -1.07. The molecule has 0 atom stereocenters. The summed E-state index contributed by atoms with van der Waals surface area (Å²) in [4.78, 5) is 33.7. The number of aromatic carboxylic acids is 1. The molecule has 1 rings (SSSR count). The number of esters is 2. The van der Waals surface area contributed by atoms with E-state index in [1.54, 1.807) is 6.92 Å². The van der Waals surface area contributed by atoms with Gasteiger partial charge in [0, 0.05) is 5.57 Å². The Kier molecular flexibility index (Phi) is 6.61. The molecule has 21 heavy (non-hydrogen) atoms. The molecule has 0 amide bonds. The number of unbranched alkanes of at least 4 members (excludes halogenated alkanes) is 1. The monoisotopic (exact) mass is 312 g/mol. The molecule has 0 aliphatic rings. The van der Waals surface area contributed by atoms with Crippen molar-refractivity contribution in [3.8, 4) is 0 Å². The van der Waals surface area contributed by atoms with Gasteiger partial charge in [-0.15, -0.1) is 11.3 Å². The molecule has 0 saturated carbocycles. The minimum absolute atomic E-state index is 0.0913. The molecule has 1 aromatic heterocycles. The summed E-state index contributed by atoms with van der Waals surface area (Å²) >= 11 is 0.871. The maximum Gasteiger partial charge on any atom is 0.348 e. The van der Waals surface area contributed by atoms with Crippen LogP contribution >= 0.6 is 11.3 Å². The topological polar surface area (TPSA) is 89.9 Å². The average Bonchev–Trinajstić information content (AvgIpc) is 2.91. The number of thiophene rings is 1. The lowest BCUT2D eigenvalue weighted by Crippen LogP contribution is -2.08. The van der Waals surface area contributed by atoms with Gasteiger partial charge < -0.3 is 14.6 Å². The summed E-state index contributed by atoms with van der Waals surface area (Å²) in [6.07, 6.45) is 1.11. The number of hydrogen-bond acceptors (Lipinski definition) is 6. The number of rotatable bonds is 8. The molecule has 0 fully saturated rings. The van der Waals surface area contributed by atoms with Crippen molar-refractivity contribution >= 4 is 29.2 Å². The van der Waals surface area contributed by atoms with E-state index in [-0.39, 0.29) is 23.0 Å². The third kappa shape index (κ3) is 5.78. The number of hydrogen-bond donors (Lipinski definition) is 1. The first kappa shape index (κ1) is 16.9. The highest BCUT2D eigenvalue weighted by Gasteiger charge is 2.13. The molecule has 6 nitrogen and oxygen atoms in total. The fraction of sp³-hybridized carbons (Fsp3) is 0.357. The minimum Gasteiger partial charge on any atom is -0.477 e. The van der Waals surface area contributed by atoms with Crippen molar-refractivity contribution in [2.45, 2.75) is 19.8 Å². The Hall–Kier alpha value is -2.15. The summed E-state index contributed by atoms with van der Waals surface area (Å²) in [6.45, 7) is 5.45. The van der Waals surface area contributed by atoms with Crippen LogP contribution in [0.1, 0.15) is 39.1 Å². The fourth-order valence-corrected chi connectivity index (χ4v) is 2.03. The van der Waals surface area contributed by atoms with Crippen LogP contribution in [-0.4, -0.2) is 36.2 Å². The van der Waals surface area contributed by atoms with E-state index in [2.05, 4.69) is 6.58 Å². The average molecular weight is 312 g/mol. The molecular formula is C14H16O6S. The standard InChI is InChI=1S/C14H16O6S/c1-9(2)13(17)19-7-3-4-8-20-14(18)11-6-5-10(21-11)12(15)16/h5-6H,1,3-4,7-8H2,2H3,(H,15,16). The maximum atomic E-state index is 11.6. The number of carboxylic acids is 1. The van der Waals surface area contributed by atoms with E-state index in [9.17, 15) is 14.4 Å². The summed E-state index contributed by atoms with van der Waals surface area (Å²) < 4.78 is 9.88. The van der Waals surface area contributed by atoms with Crippen molar-refractivity contribution in [3.63, 3.8) is 0 Å². The van der Waals surface area contributed by atoms with Crippen LogP contribution in [0.3, 0.4) is 0 Å². The summed E-state index contributed by atoms with van der Waals surface area (Å²) in [5.41, 5.74) is 0.341. The van der Waals surface area contributed by atoms with Gasteiger partial charge in [-0.2, -0.15) is 0 Å². The zero-order valence-electron chi connectivity index (χ0n) is 11.6. The Morgan fingerprint density at radius 1 is 1.14 bits per heavy atom. The normalized spacial score (nSPS) is 9.95. The third-order valence-electron chi connectivity index (χ3n) is 2.37. The molecule has 7 heteroatoms. The fourth-order valence-electron chi connectivity index (χ4n) is 1.29. The molecule has 0 aromatic carbocycles. The van der Waals surface area contributed by atoms with Crippen molar-refractivity contribution < 1.29 is 29.0 Å². The Morgan fingerprint density at radius 2 is 1.71 bits per heavy atom. The zero-order chi connectivity index (χ0) is 15.8. The summed E-state index contributed by atoms with van der Waals surface area (Å²) in [5, 5.41) is 8.75. The van der Waals surface area contributed by atoms with Crippen LogP contribution in [-0.2, 0) is 14.3 Å². The van der Waals surface area contributed by atoms with Crippen LogP contribution in [0.5, 0.6) is 0 Å². The van der Waals surface area contributed by atoms with Crippen LogP contribution in [0.2, 0.25) is 0 Å². The molecule has 0 radical (unpaired) electrons. The van der Waals surface area contributed by atoms with Crippen molar-refractivity contribution in [3.05, 3.63) is 34.0 Å². The van der Waals surface area contributed by atoms with E-state index < -0.39 is 17.9 Å². The Morgan fingerprint density at radius 3 is 2.24 bits per heavy atom. The Bertz CT molecular complexity index is 545. The lowest BCUT2D eigenvalue weighted by atomic mass is 10.3.